The molecule has 0 unspecified atom stereocenters. The van der Waals surface area contributed by atoms with Crippen molar-refractivity contribution in [3.63, 3.8) is 0 Å². The highest BCUT2D eigenvalue weighted by Gasteiger charge is 2.04. The van der Waals surface area contributed by atoms with Crippen LogP contribution >= 0.6 is 0 Å². The Bertz CT molecular complexity index is 596. The van der Waals surface area contributed by atoms with Gasteiger partial charge < -0.3 is 4.98 Å². The minimum atomic E-state index is 0.802. The molecule has 78 valence electrons. The van der Waals surface area contributed by atoms with Crippen molar-refractivity contribution in [1.82, 2.24) is 19.9 Å². The molecule has 0 saturated heterocycles. The average Bonchev–Trinajstić information content (AvgIpc) is 2.82. The Hall–Kier alpha value is -2.23. The number of imidazole rings is 1. The van der Waals surface area contributed by atoms with Crippen LogP contribution in [0.15, 0.2) is 43.1 Å². The summed E-state index contributed by atoms with van der Waals surface area (Å²) in [6, 6.07) is 6.04. The van der Waals surface area contributed by atoms with Gasteiger partial charge in [0.05, 0.1) is 17.4 Å². The van der Waals surface area contributed by atoms with E-state index in [1.54, 1.807) is 18.7 Å². The first-order chi connectivity index (χ1) is 7.93. The van der Waals surface area contributed by atoms with Crippen LogP contribution in [-0.4, -0.2) is 19.9 Å². The van der Waals surface area contributed by atoms with Crippen molar-refractivity contribution in [3.05, 3.63) is 54.4 Å². The second-order valence-corrected chi connectivity index (χ2v) is 3.59. The Kier molecular flexibility index (Phi) is 2.11. The molecule has 1 aromatic carbocycles. The van der Waals surface area contributed by atoms with E-state index in [0.29, 0.717) is 0 Å². The highest BCUT2D eigenvalue weighted by molar-refractivity contribution is 5.77. The number of hydrogen-bond donors (Lipinski definition) is 1. The van der Waals surface area contributed by atoms with E-state index >= 15 is 0 Å². The van der Waals surface area contributed by atoms with Crippen molar-refractivity contribution in [3.8, 4) is 0 Å². The number of para-hydroxylation sites is 1. The SMILES string of the molecule is c1cc(Cc2cnc[nH]2)c2nccnc2c1. The molecule has 3 rings (SSSR count). The Morgan fingerprint density at radius 1 is 1.12 bits per heavy atom. The standard InChI is InChI=1S/C12H10N4/c1-2-9(6-10-7-13-8-16-10)12-11(3-1)14-4-5-15-12/h1-5,7-8H,6H2,(H,13,16). The van der Waals surface area contributed by atoms with Crippen LogP contribution in [0.1, 0.15) is 11.3 Å². The minimum Gasteiger partial charge on any atom is -0.348 e. The molecule has 0 aliphatic heterocycles. The zero-order valence-corrected chi connectivity index (χ0v) is 8.59. The third-order valence-corrected chi connectivity index (χ3v) is 2.52. The highest BCUT2D eigenvalue weighted by Crippen LogP contribution is 2.16. The number of benzene rings is 1. The Morgan fingerprint density at radius 2 is 2.06 bits per heavy atom. The molecule has 4 heteroatoms. The van der Waals surface area contributed by atoms with E-state index < -0.39 is 0 Å². The van der Waals surface area contributed by atoms with E-state index in [4.69, 9.17) is 0 Å². The Balaban J connectivity index is 2.10. The fourth-order valence-electron chi connectivity index (χ4n) is 1.78. The molecule has 0 saturated carbocycles. The van der Waals surface area contributed by atoms with E-state index in [1.807, 2.05) is 18.3 Å². The first-order valence-corrected chi connectivity index (χ1v) is 5.09. The van der Waals surface area contributed by atoms with Gasteiger partial charge in [0.15, 0.2) is 0 Å². The second kappa shape index (κ2) is 3.73. The van der Waals surface area contributed by atoms with Gasteiger partial charge in [-0.15, -0.1) is 0 Å². The predicted octanol–water partition coefficient (Wildman–Crippen LogP) is 1.94. The van der Waals surface area contributed by atoms with Gasteiger partial charge in [0.1, 0.15) is 0 Å². The van der Waals surface area contributed by atoms with Crippen molar-refractivity contribution in [1.29, 1.82) is 0 Å². The minimum absolute atomic E-state index is 0.802. The third-order valence-electron chi connectivity index (χ3n) is 2.52. The summed E-state index contributed by atoms with van der Waals surface area (Å²) in [6.07, 6.45) is 7.75. The van der Waals surface area contributed by atoms with Crippen LogP contribution in [-0.2, 0) is 6.42 Å². The van der Waals surface area contributed by atoms with Crippen LogP contribution in [0.2, 0.25) is 0 Å². The molecule has 0 bridgehead atoms. The van der Waals surface area contributed by atoms with Crippen LogP contribution in [0.3, 0.4) is 0 Å². The molecule has 0 aliphatic carbocycles. The zero-order chi connectivity index (χ0) is 10.8. The van der Waals surface area contributed by atoms with E-state index in [2.05, 4.69) is 26.0 Å². The van der Waals surface area contributed by atoms with Gasteiger partial charge >= 0.3 is 0 Å². The van der Waals surface area contributed by atoms with Crippen LogP contribution in [0.25, 0.3) is 11.0 Å². The average molecular weight is 210 g/mol. The quantitative estimate of drug-likeness (QED) is 0.703. The number of rotatable bonds is 2. The molecule has 2 heterocycles. The topological polar surface area (TPSA) is 54.5 Å². The normalized spacial score (nSPS) is 10.8. The third kappa shape index (κ3) is 1.54. The van der Waals surface area contributed by atoms with Gasteiger partial charge in [-0.1, -0.05) is 12.1 Å². The molecule has 0 amide bonds. The van der Waals surface area contributed by atoms with E-state index in [0.717, 1.165) is 28.7 Å². The van der Waals surface area contributed by atoms with Crippen LogP contribution < -0.4 is 0 Å². The van der Waals surface area contributed by atoms with Crippen molar-refractivity contribution in [2.75, 3.05) is 0 Å². The molecule has 1 N–H and O–H groups in total. The monoisotopic (exact) mass is 210 g/mol. The largest absolute Gasteiger partial charge is 0.348 e. The fourth-order valence-corrected chi connectivity index (χ4v) is 1.78. The van der Waals surface area contributed by atoms with Gasteiger partial charge in [-0.2, -0.15) is 0 Å². The lowest BCUT2D eigenvalue weighted by Crippen LogP contribution is -1.92. The van der Waals surface area contributed by atoms with Gasteiger partial charge in [0, 0.05) is 30.7 Å². The maximum Gasteiger partial charge on any atom is 0.0922 e. The van der Waals surface area contributed by atoms with E-state index in [-0.39, 0.29) is 0 Å². The summed E-state index contributed by atoms with van der Waals surface area (Å²) in [5, 5.41) is 0. The highest BCUT2D eigenvalue weighted by atomic mass is 14.9. The van der Waals surface area contributed by atoms with Crippen molar-refractivity contribution in [2.45, 2.75) is 6.42 Å². The Morgan fingerprint density at radius 3 is 2.94 bits per heavy atom. The number of hydrogen-bond acceptors (Lipinski definition) is 3. The summed E-state index contributed by atoms with van der Waals surface area (Å²) in [4.78, 5) is 15.7. The van der Waals surface area contributed by atoms with Gasteiger partial charge in [-0.05, 0) is 11.6 Å². The predicted molar refractivity (Wildman–Crippen MR) is 60.9 cm³/mol. The molecule has 0 fully saturated rings. The molecule has 16 heavy (non-hydrogen) atoms. The number of aromatic amines is 1. The van der Waals surface area contributed by atoms with Gasteiger partial charge in [-0.3, -0.25) is 9.97 Å². The molecule has 2 aromatic heterocycles. The van der Waals surface area contributed by atoms with Crippen LogP contribution in [0, 0.1) is 0 Å². The Labute approximate surface area is 92.4 Å². The van der Waals surface area contributed by atoms with Gasteiger partial charge in [-0.25, -0.2) is 4.98 Å². The summed E-state index contributed by atoms with van der Waals surface area (Å²) < 4.78 is 0. The summed E-state index contributed by atoms with van der Waals surface area (Å²) >= 11 is 0. The number of fused-ring (bicyclic) bond motifs is 1. The molecule has 3 aromatic rings. The van der Waals surface area contributed by atoms with Crippen LogP contribution in [0.4, 0.5) is 0 Å². The number of nitrogens with one attached hydrogen (secondary N) is 1. The summed E-state index contributed by atoms with van der Waals surface area (Å²) in [5.74, 6) is 0. The van der Waals surface area contributed by atoms with E-state index in [1.165, 1.54) is 0 Å². The molecular weight excluding hydrogens is 200 g/mol. The van der Waals surface area contributed by atoms with Crippen LogP contribution in [0.5, 0.6) is 0 Å². The first-order valence-electron chi connectivity index (χ1n) is 5.09. The van der Waals surface area contributed by atoms with E-state index in [9.17, 15) is 0 Å². The van der Waals surface area contributed by atoms with Crippen molar-refractivity contribution >= 4 is 11.0 Å². The van der Waals surface area contributed by atoms with Gasteiger partial charge in [0.25, 0.3) is 0 Å². The molecule has 4 nitrogen and oxygen atoms in total. The first kappa shape index (κ1) is 9.03. The molecule has 0 atom stereocenters. The van der Waals surface area contributed by atoms with Crippen molar-refractivity contribution in [2.24, 2.45) is 0 Å². The number of nitrogens with zero attached hydrogens (tertiary/aromatic N) is 3. The van der Waals surface area contributed by atoms with Crippen molar-refractivity contribution < 1.29 is 0 Å². The molecular formula is C12H10N4. The summed E-state index contributed by atoms with van der Waals surface area (Å²) in [7, 11) is 0. The number of aromatic nitrogens is 4. The summed E-state index contributed by atoms with van der Waals surface area (Å²) in [6.45, 7) is 0. The molecule has 0 spiro atoms. The maximum absolute atomic E-state index is 4.36. The maximum atomic E-state index is 4.36. The number of H-pyrrole nitrogens is 1. The van der Waals surface area contributed by atoms with Gasteiger partial charge in [0.2, 0.25) is 0 Å². The smallest absolute Gasteiger partial charge is 0.0922 e. The second-order valence-electron chi connectivity index (χ2n) is 3.59. The zero-order valence-electron chi connectivity index (χ0n) is 8.59. The lowest BCUT2D eigenvalue weighted by atomic mass is 10.1. The summed E-state index contributed by atoms with van der Waals surface area (Å²) in [5.41, 5.74) is 4.13. The molecule has 0 radical (unpaired) electrons. The lowest BCUT2D eigenvalue weighted by molar-refractivity contribution is 1.11. The fraction of sp³-hybridized carbons (Fsp3) is 0.0833. The lowest BCUT2D eigenvalue weighted by Gasteiger charge is -2.02. The molecule has 0 aliphatic rings.